The molecule has 1 aliphatic rings. The van der Waals surface area contributed by atoms with Crippen molar-refractivity contribution in [2.45, 2.75) is 51.8 Å². The Kier molecular flexibility index (Phi) is 6.17. The van der Waals surface area contributed by atoms with E-state index < -0.39 is 0 Å². The maximum absolute atomic E-state index is 5.92. The lowest BCUT2D eigenvalue weighted by Crippen LogP contribution is -2.54. The number of morpholine rings is 1. The number of hydrazine groups is 1. The van der Waals surface area contributed by atoms with Crippen molar-refractivity contribution in [3.63, 3.8) is 0 Å². The van der Waals surface area contributed by atoms with Crippen molar-refractivity contribution >= 4 is 0 Å². The molecule has 6 heteroatoms. The van der Waals surface area contributed by atoms with Gasteiger partial charge in [0, 0.05) is 31.7 Å². The molecular weight excluding hydrogens is 266 g/mol. The summed E-state index contributed by atoms with van der Waals surface area (Å²) in [5, 5.41) is 4.60. The Hall–Kier alpha value is -0.950. The van der Waals surface area contributed by atoms with Crippen LogP contribution in [0.4, 0.5) is 0 Å². The lowest BCUT2D eigenvalue weighted by atomic mass is 10.0. The summed E-state index contributed by atoms with van der Waals surface area (Å²) in [6.07, 6.45) is 4.12. The molecule has 3 N–H and O–H groups in total. The van der Waals surface area contributed by atoms with Crippen molar-refractivity contribution in [3.8, 4) is 0 Å². The third-order valence-electron chi connectivity index (χ3n) is 4.00. The fraction of sp³-hybridized carbons (Fsp3) is 0.800. The number of aromatic nitrogens is 2. The zero-order valence-electron chi connectivity index (χ0n) is 13.5. The summed E-state index contributed by atoms with van der Waals surface area (Å²) in [4.78, 5) is 2.45. The van der Waals surface area contributed by atoms with E-state index in [1.165, 1.54) is 6.42 Å². The molecule has 0 bridgehead atoms. The van der Waals surface area contributed by atoms with E-state index in [2.05, 4.69) is 42.3 Å². The highest BCUT2D eigenvalue weighted by Crippen LogP contribution is 2.13. The topological polar surface area (TPSA) is 68.3 Å². The molecule has 1 fully saturated rings. The van der Waals surface area contributed by atoms with Crippen LogP contribution < -0.4 is 11.3 Å². The molecule has 1 saturated heterocycles. The normalized spacial score (nSPS) is 21.9. The second kappa shape index (κ2) is 7.89. The van der Waals surface area contributed by atoms with Crippen LogP contribution in [0.2, 0.25) is 0 Å². The van der Waals surface area contributed by atoms with Gasteiger partial charge < -0.3 is 4.74 Å². The molecule has 0 amide bonds. The first kappa shape index (κ1) is 16.4. The number of nitrogens with two attached hydrogens (primary N) is 1. The number of rotatable bonds is 7. The Balaban J connectivity index is 1.95. The molecule has 0 aromatic carbocycles. The van der Waals surface area contributed by atoms with Crippen LogP contribution >= 0.6 is 0 Å². The van der Waals surface area contributed by atoms with Gasteiger partial charge >= 0.3 is 0 Å². The van der Waals surface area contributed by atoms with Gasteiger partial charge in [-0.05, 0) is 32.9 Å². The van der Waals surface area contributed by atoms with Gasteiger partial charge in [-0.15, -0.1) is 0 Å². The first-order valence-corrected chi connectivity index (χ1v) is 7.98. The molecule has 0 radical (unpaired) electrons. The maximum Gasteiger partial charge on any atom is 0.0872 e. The quantitative estimate of drug-likeness (QED) is 0.579. The van der Waals surface area contributed by atoms with E-state index in [9.17, 15) is 0 Å². The third-order valence-corrected chi connectivity index (χ3v) is 4.00. The van der Waals surface area contributed by atoms with Gasteiger partial charge in [-0.3, -0.25) is 20.9 Å². The summed E-state index contributed by atoms with van der Waals surface area (Å²) in [6.45, 7) is 10.3. The van der Waals surface area contributed by atoms with Crippen molar-refractivity contribution in [1.29, 1.82) is 0 Å². The lowest BCUT2D eigenvalue weighted by Gasteiger charge is -2.36. The van der Waals surface area contributed by atoms with E-state index in [1.807, 2.05) is 10.9 Å². The predicted octanol–water partition coefficient (Wildman–Crippen LogP) is 0.949. The number of hydrogen-bond acceptors (Lipinski definition) is 5. The zero-order chi connectivity index (χ0) is 15.2. The average molecular weight is 295 g/mol. The van der Waals surface area contributed by atoms with E-state index in [1.54, 1.807) is 0 Å². The lowest BCUT2D eigenvalue weighted by molar-refractivity contribution is -0.0463. The van der Waals surface area contributed by atoms with Crippen molar-refractivity contribution < 1.29 is 4.74 Å². The minimum absolute atomic E-state index is 0.0974. The van der Waals surface area contributed by atoms with Crippen LogP contribution in [-0.4, -0.2) is 53.1 Å². The molecule has 2 atom stereocenters. The molecular formula is C15H29N5O. The Morgan fingerprint density at radius 2 is 2.33 bits per heavy atom. The van der Waals surface area contributed by atoms with Gasteiger partial charge in [0.2, 0.25) is 0 Å². The standard InChI is InChI=1S/C15H29N5O/c1-4-6-19-8-9-21-15(11-19)14(17-16)10-13-5-7-20(18-13)12(2)3/h5,7,12,14-15,17H,4,6,8-11,16H2,1-3H3. The largest absolute Gasteiger partial charge is 0.374 e. The molecule has 1 aliphatic heterocycles. The van der Waals surface area contributed by atoms with Crippen molar-refractivity contribution in [3.05, 3.63) is 18.0 Å². The third kappa shape index (κ3) is 4.51. The number of hydrogen-bond donors (Lipinski definition) is 2. The first-order valence-electron chi connectivity index (χ1n) is 7.98. The molecule has 0 aliphatic carbocycles. The van der Waals surface area contributed by atoms with Crippen LogP contribution in [-0.2, 0) is 11.2 Å². The maximum atomic E-state index is 5.92. The highest BCUT2D eigenvalue weighted by Gasteiger charge is 2.28. The Labute approximate surface area is 127 Å². The van der Waals surface area contributed by atoms with E-state index >= 15 is 0 Å². The van der Waals surface area contributed by atoms with Crippen LogP contribution in [0.15, 0.2) is 12.3 Å². The van der Waals surface area contributed by atoms with Gasteiger partial charge in [-0.1, -0.05) is 6.92 Å². The van der Waals surface area contributed by atoms with Crippen molar-refractivity contribution in [2.24, 2.45) is 5.84 Å². The van der Waals surface area contributed by atoms with Gasteiger partial charge in [0.15, 0.2) is 0 Å². The first-order chi connectivity index (χ1) is 10.1. The van der Waals surface area contributed by atoms with E-state index in [4.69, 9.17) is 10.6 Å². The summed E-state index contributed by atoms with van der Waals surface area (Å²) >= 11 is 0. The smallest absolute Gasteiger partial charge is 0.0872 e. The molecule has 2 rings (SSSR count). The Bertz CT molecular complexity index is 418. The van der Waals surface area contributed by atoms with Crippen LogP contribution in [0.3, 0.4) is 0 Å². The second-order valence-electron chi connectivity index (χ2n) is 6.07. The van der Waals surface area contributed by atoms with Gasteiger partial charge in [0.25, 0.3) is 0 Å². The summed E-state index contributed by atoms with van der Waals surface area (Å²) in [5.74, 6) is 5.75. The molecule has 1 aromatic heterocycles. The zero-order valence-corrected chi connectivity index (χ0v) is 13.5. The van der Waals surface area contributed by atoms with Crippen molar-refractivity contribution in [1.82, 2.24) is 20.1 Å². The molecule has 120 valence electrons. The summed E-state index contributed by atoms with van der Waals surface area (Å²) in [5.41, 5.74) is 3.98. The van der Waals surface area contributed by atoms with Crippen LogP contribution in [0.25, 0.3) is 0 Å². The summed E-state index contributed by atoms with van der Waals surface area (Å²) in [6, 6.07) is 2.55. The SMILES string of the molecule is CCCN1CCOC(C(Cc2ccn(C(C)C)n2)NN)C1. The molecule has 0 spiro atoms. The molecule has 2 unspecified atom stereocenters. The molecule has 2 heterocycles. The highest BCUT2D eigenvalue weighted by atomic mass is 16.5. The average Bonchev–Trinajstić information content (AvgIpc) is 2.94. The van der Waals surface area contributed by atoms with Crippen LogP contribution in [0.5, 0.6) is 0 Å². The molecule has 1 aromatic rings. The minimum atomic E-state index is 0.0974. The Morgan fingerprint density at radius 1 is 1.52 bits per heavy atom. The van der Waals surface area contributed by atoms with Crippen molar-refractivity contribution in [2.75, 3.05) is 26.2 Å². The second-order valence-corrected chi connectivity index (χ2v) is 6.07. The van der Waals surface area contributed by atoms with Gasteiger partial charge in [0.05, 0.1) is 24.4 Å². The summed E-state index contributed by atoms with van der Waals surface area (Å²) in [7, 11) is 0. The van der Waals surface area contributed by atoms with E-state index in [0.717, 1.165) is 38.4 Å². The number of nitrogens with zero attached hydrogens (tertiary/aromatic N) is 3. The minimum Gasteiger partial charge on any atom is -0.374 e. The van der Waals surface area contributed by atoms with Gasteiger partial charge in [-0.25, -0.2) is 0 Å². The predicted molar refractivity (Wildman–Crippen MR) is 83.9 cm³/mol. The van der Waals surface area contributed by atoms with E-state index in [0.29, 0.717) is 6.04 Å². The van der Waals surface area contributed by atoms with Gasteiger partial charge in [-0.2, -0.15) is 5.10 Å². The van der Waals surface area contributed by atoms with Crippen LogP contribution in [0.1, 0.15) is 38.9 Å². The van der Waals surface area contributed by atoms with E-state index in [-0.39, 0.29) is 12.1 Å². The fourth-order valence-corrected chi connectivity index (χ4v) is 2.79. The summed E-state index contributed by atoms with van der Waals surface area (Å²) < 4.78 is 7.90. The monoisotopic (exact) mass is 295 g/mol. The fourth-order valence-electron chi connectivity index (χ4n) is 2.79. The van der Waals surface area contributed by atoms with Gasteiger partial charge in [0.1, 0.15) is 0 Å². The molecule has 21 heavy (non-hydrogen) atoms. The van der Waals surface area contributed by atoms with Crippen LogP contribution in [0, 0.1) is 0 Å². The number of nitrogens with one attached hydrogen (secondary N) is 1. The molecule has 0 saturated carbocycles. The Morgan fingerprint density at radius 3 is 2.95 bits per heavy atom. The number of ether oxygens (including phenoxy) is 1. The highest BCUT2D eigenvalue weighted by molar-refractivity contribution is 5.03. The molecule has 6 nitrogen and oxygen atoms in total.